The van der Waals surface area contributed by atoms with Crippen LogP contribution in [0.2, 0.25) is 0 Å². The number of nitrogens with zero attached hydrogens (tertiary/aromatic N) is 1. The van der Waals surface area contributed by atoms with Crippen molar-refractivity contribution < 1.29 is 19.1 Å². The number of fused-ring (bicyclic) bond motifs is 1. The van der Waals surface area contributed by atoms with Crippen molar-refractivity contribution >= 4 is 17.4 Å². The van der Waals surface area contributed by atoms with Crippen LogP contribution in [0.3, 0.4) is 0 Å². The van der Waals surface area contributed by atoms with E-state index < -0.39 is 0 Å². The molecule has 5 nitrogen and oxygen atoms in total. The highest BCUT2D eigenvalue weighted by atomic mass is 16.5. The molecule has 0 bridgehead atoms. The highest BCUT2D eigenvalue weighted by molar-refractivity contribution is 6.07. The summed E-state index contributed by atoms with van der Waals surface area (Å²) in [5.41, 5.74) is 1.13. The number of amides is 1. The van der Waals surface area contributed by atoms with Gasteiger partial charge in [0.1, 0.15) is 11.5 Å². The predicted molar refractivity (Wildman–Crippen MR) is 81.6 cm³/mol. The van der Waals surface area contributed by atoms with Crippen molar-refractivity contribution in [3.63, 3.8) is 0 Å². The molecule has 0 N–H and O–H groups in total. The summed E-state index contributed by atoms with van der Waals surface area (Å²) in [5, 5.41) is 0. The second-order valence-corrected chi connectivity index (χ2v) is 4.89. The fraction of sp³-hybridized carbons (Fsp3) is 0.176. The smallest absolute Gasteiger partial charge is 0.265 e. The van der Waals surface area contributed by atoms with Crippen molar-refractivity contribution in [3.05, 3.63) is 54.1 Å². The Morgan fingerprint density at radius 1 is 1.23 bits per heavy atom. The van der Waals surface area contributed by atoms with Crippen molar-refractivity contribution in [2.24, 2.45) is 0 Å². The van der Waals surface area contributed by atoms with Gasteiger partial charge in [-0.25, -0.2) is 0 Å². The Bertz CT molecular complexity index is 726. The quantitative estimate of drug-likeness (QED) is 0.813. The van der Waals surface area contributed by atoms with E-state index in [1.807, 2.05) is 12.1 Å². The van der Waals surface area contributed by atoms with Crippen LogP contribution in [-0.2, 0) is 4.79 Å². The molecule has 2 aromatic carbocycles. The average molecular weight is 297 g/mol. The van der Waals surface area contributed by atoms with Gasteiger partial charge in [0, 0.05) is 5.56 Å². The Morgan fingerprint density at radius 2 is 2.05 bits per heavy atom. The van der Waals surface area contributed by atoms with Gasteiger partial charge in [0.05, 0.1) is 19.3 Å². The number of carbonyl (C=O) groups is 2. The third-order valence-electron chi connectivity index (χ3n) is 3.50. The summed E-state index contributed by atoms with van der Waals surface area (Å²) in [6.45, 7) is -0.0746. The number of rotatable bonds is 4. The van der Waals surface area contributed by atoms with Gasteiger partial charge in [-0.15, -0.1) is 0 Å². The van der Waals surface area contributed by atoms with E-state index in [0.717, 1.165) is 0 Å². The van der Waals surface area contributed by atoms with E-state index in [1.54, 1.807) is 43.5 Å². The molecule has 0 aliphatic carbocycles. The van der Waals surface area contributed by atoms with Crippen molar-refractivity contribution in [1.82, 2.24) is 0 Å². The molecule has 3 rings (SSSR count). The van der Waals surface area contributed by atoms with Crippen LogP contribution in [-0.4, -0.2) is 32.0 Å². The van der Waals surface area contributed by atoms with Gasteiger partial charge in [-0.05, 0) is 24.3 Å². The van der Waals surface area contributed by atoms with Gasteiger partial charge in [0.2, 0.25) is 0 Å². The lowest BCUT2D eigenvalue weighted by Crippen LogP contribution is -2.41. The summed E-state index contributed by atoms with van der Waals surface area (Å²) < 4.78 is 10.5. The van der Waals surface area contributed by atoms with Gasteiger partial charge in [-0.2, -0.15) is 0 Å². The molecular weight excluding hydrogens is 282 g/mol. The van der Waals surface area contributed by atoms with Gasteiger partial charge in [0.25, 0.3) is 5.91 Å². The Balaban J connectivity index is 1.86. The van der Waals surface area contributed by atoms with E-state index in [9.17, 15) is 9.59 Å². The highest BCUT2D eigenvalue weighted by Gasteiger charge is 2.27. The van der Waals surface area contributed by atoms with Crippen LogP contribution in [0.4, 0.5) is 5.69 Å². The lowest BCUT2D eigenvalue weighted by Gasteiger charge is -2.28. The zero-order chi connectivity index (χ0) is 15.5. The van der Waals surface area contributed by atoms with Gasteiger partial charge < -0.3 is 9.47 Å². The molecule has 1 amide bonds. The molecular formula is C17H15NO4. The van der Waals surface area contributed by atoms with E-state index in [1.165, 1.54) is 4.90 Å². The summed E-state index contributed by atoms with van der Waals surface area (Å²) in [6, 6.07) is 14.1. The average Bonchev–Trinajstić information content (AvgIpc) is 2.57. The normalized spacial score (nSPS) is 13.3. The number of para-hydroxylation sites is 2. The number of benzene rings is 2. The Morgan fingerprint density at radius 3 is 2.86 bits per heavy atom. The third kappa shape index (κ3) is 2.65. The standard InChI is InChI=1S/C17H15NO4/c1-21-13-6-4-5-12(9-13)15(19)10-18-14-7-2-3-8-16(14)22-11-17(18)20/h2-9H,10-11H2,1H3. The Labute approximate surface area is 128 Å². The number of hydrogen-bond donors (Lipinski definition) is 0. The van der Waals surface area contributed by atoms with Crippen LogP contribution in [0.15, 0.2) is 48.5 Å². The van der Waals surface area contributed by atoms with E-state index in [0.29, 0.717) is 22.7 Å². The highest BCUT2D eigenvalue weighted by Crippen LogP contribution is 2.31. The molecule has 0 aromatic heterocycles. The number of hydrogen-bond acceptors (Lipinski definition) is 4. The minimum absolute atomic E-state index is 0.0215. The lowest BCUT2D eigenvalue weighted by atomic mass is 10.1. The molecule has 112 valence electrons. The van der Waals surface area contributed by atoms with E-state index in [-0.39, 0.29) is 24.8 Å². The summed E-state index contributed by atoms with van der Waals surface area (Å²) in [4.78, 5) is 26.0. The summed E-state index contributed by atoms with van der Waals surface area (Å²) in [5.74, 6) is 0.846. The SMILES string of the molecule is COc1cccc(C(=O)CN2C(=O)COc3ccccc32)c1. The first kappa shape index (κ1) is 14.1. The minimum atomic E-state index is -0.227. The number of methoxy groups -OCH3 is 1. The van der Waals surface area contributed by atoms with Crippen molar-refractivity contribution in [2.45, 2.75) is 0 Å². The third-order valence-corrected chi connectivity index (χ3v) is 3.50. The minimum Gasteiger partial charge on any atom is -0.497 e. The molecule has 5 heteroatoms. The number of carbonyl (C=O) groups excluding carboxylic acids is 2. The Hall–Kier alpha value is -2.82. The lowest BCUT2D eigenvalue weighted by molar-refractivity contribution is -0.121. The summed E-state index contributed by atoms with van der Waals surface area (Å²) >= 11 is 0. The molecule has 2 aromatic rings. The fourth-order valence-electron chi connectivity index (χ4n) is 2.36. The maximum absolute atomic E-state index is 12.4. The number of anilines is 1. The molecule has 1 aliphatic heterocycles. The molecule has 0 unspecified atom stereocenters. The van der Waals surface area contributed by atoms with Crippen LogP contribution >= 0.6 is 0 Å². The van der Waals surface area contributed by atoms with E-state index >= 15 is 0 Å². The van der Waals surface area contributed by atoms with Crippen LogP contribution in [0.25, 0.3) is 0 Å². The van der Waals surface area contributed by atoms with Gasteiger partial charge in [-0.1, -0.05) is 24.3 Å². The second-order valence-electron chi connectivity index (χ2n) is 4.89. The summed E-state index contributed by atoms with van der Waals surface area (Å²) in [7, 11) is 1.55. The largest absolute Gasteiger partial charge is 0.497 e. The molecule has 0 fully saturated rings. The molecule has 22 heavy (non-hydrogen) atoms. The molecule has 0 radical (unpaired) electrons. The molecule has 1 heterocycles. The van der Waals surface area contributed by atoms with Crippen molar-refractivity contribution in [3.8, 4) is 11.5 Å². The first-order chi connectivity index (χ1) is 10.7. The fourth-order valence-corrected chi connectivity index (χ4v) is 2.36. The zero-order valence-corrected chi connectivity index (χ0v) is 12.1. The maximum atomic E-state index is 12.4. The molecule has 0 atom stereocenters. The van der Waals surface area contributed by atoms with Crippen LogP contribution in [0.5, 0.6) is 11.5 Å². The van der Waals surface area contributed by atoms with E-state index in [4.69, 9.17) is 9.47 Å². The molecule has 1 aliphatic rings. The second kappa shape index (κ2) is 5.89. The number of ether oxygens (including phenoxy) is 2. The van der Waals surface area contributed by atoms with Gasteiger partial charge >= 0.3 is 0 Å². The van der Waals surface area contributed by atoms with Crippen molar-refractivity contribution in [1.29, 1.82) is 0 Å². The zero-order valence-electron chi connectivity index (χ0n) is 12.1. The van der Waals surface area contributed by atoms with Crippen LogP contribution < -0.4 is 14.4 Å². The summed E-state index contributed by atoms with van der Waals surface area (Å²) in [6.07, 6.45) is 0. The van der Waals surface area contributed by atoms with Crippen LogP contribution in [0, 0.1) is 0 Å². The Kier molecular flexibility index (Phi) is 3.78. The monoisotopic (exact) mass is 297 g/mol. The van der Waals surface area contributed by atoms with E-state index in [2.05, 4.69) is 0 Å². The first-order valence-corrected chi connectivity index (χ1v) is 6.88. The first-order valence-electron chi connectivity index (χ1n) is 6.88. The van der Waals surface area contributed by atoms with Gasteiger partial charge in [-0.3, -0.25) is 14.5 Å². The molecule has 0 saturated carbocycles. The molecule has 0 saturated heterocycles. The number of ketones is 1. The molecule has 0 spiro atoms. The topological polar surface area (TPSA) is 55.8 Å². The van der Waals surface area contributed by atoms with Crippen LogP contribution in [0.1, 0.15) is 10.4 Å². The number of Topliss-reactive ketones (excluding diaryl/α,β-unsaturated/α-hetero) is 1. The predicted octanol–water partition coefficient (Wildman–Crippen LogP) is 2.30. The van der Waals surface area contributed by atoms with Crippen molar-refractivity contribution in [2.75, 3.05) is 25.2 Å². The maximum Gasteiger partial charge on any atom is 0.265 e. The van der Waals surface area contributed by atoms with Gasteiger partial charge in [0.15, 0.2) is 12.4 Å².